The van der Waals surface area contributed by atoms with E-state index in [4.69, 9.17) is 19.8 Å². The van der Waals surface area contributed by atoms with Gasteiger partial charge in [-0.2, -0.15) is 0 Å². The summed E-state index contributed by atoms with van der Waals surface area (Å²) in [4.78, 5) is 40.6. The number of hydrogen-bond donors (Lipinski definition) is 2. The summed E-state index contributed by atoms with van der Waals surface area (Å²) < 4.78 is 4.17. The molecule has 0 unspecified atom stereocenters. The minimum Gasteiger partial charge on any atom is -0.483 e. The zero-order valence-electron chi connectivity index (χ0n) is 20.6. The first-order valence-corrected chi connectivity index (χ1v) is 12.6. The molecule has 2 aliphatic rings. The Hall–Kier alpha value is -3.28. The van der Waals surface area contributed by atoms with E-state index >= 15 is 0 Å². The lowest BCUT2D eigenvalue weighted by molar-refractivity contribution is -0.123. The predicted octanol–water partition coefficient (Wildman–Crippen LogP) is 2.30. The van der Waals surface area contributed by atoms with Crippen molar-refractivity contribution in [3.63, 3.8) is 0 Å². The molecule has 0 spiro atoms. The highest BCUT2D eigenvalue weighted by molar-refractivity contribution is 7.09. The number of nitrogens with zero attached hydrogens (tertiary/aromatic N) is 5. The molecule has 1 fully saturated rings. The van der Waals surface area contributed by atoms with E-state index in [-0.39, 0.29) is 18.5 Å². The molecule has 5 heterocycles. The van der Waals surface area contributed by atoms with Crippen molar-refractivity contribution in [2.45, 2.75) is 38.5 Å². The maximum Gasteiger partial charge on any atom is 0.290 e. The Morgan fingerprint density at radius 1 is 1.14 bits per heavy atom. The fourth-order valence-electron chi connectivity index (χ4n) is 5.10. The summed E-state index contributed by atoms with van der Waals surface area (Å²) in [6.45, 7) is 4.83. The van der Waals surface area contributed by atoms with Gasteiger partial charge >= 0.3 is 0 Å². The number of carboxylic acid groups (broad SMARTS) is 2. The molecule has 2 bridgehead atoms. The highest BCUT2D eigenvalue weighted by Gasteiger charge is 2.35. The van der Waals surface area contributed by atoms with Crippen LogP contribution in [-0.2, 0) is 42.8 Å². The van der Waals surface area contributed by atoms with Gasteiger partial charge in [0.15, 0.2) is 0 Å². The van der Waals surface area contributed by atoms with Crippen LogP contribution in [0.3, 0.4) is 0 Å². The van der Waals surface area contributed by atoms with Gasteiger partial charge in [-0.15, -0.1) is 11.3 Å². The molecular weight excluding hydrogens is 482 g/mol. The van der Waals surface area contributed by atoms with Gasteiger partial charge in [0.1, 0.15) is 5.82 Å². The van der Waals surface area contributed by atoms with Crippen molar-refractivity contribution in [1.82, 2.24) is 23.9 Å². The van der Waals surface area contributed by atoms with Crippen LogP contribution in [0.25, 0.3) is 0 Å². The lowest BCUT2D eigenvalue weighted by Gasteiger charge is -2.42. The summed E-state index contributed by atoms with van der Waals surface area (Å²) in [6, 6.07) is 8.51. The lowest BCUT2D eigenvalue weighted by Crippen LogP contribution is -2.47. The number of rotatable bonds is 6. The molecule has 3 aromatic heterocycles. The quantitative estimate of drug-likeness (QED) is 0.480. The normalized spacial score (nSPS) is 18.3. The predicted molar refractivity (Wildman–Crippen MR) is 137 cm³/mol. The largest absolute Gasteiger partial charge is 0.483 e. The van der Waals surface area contributed by atoms with Crippen molar-refractivity contribution in [3.05, 3.63) is 74.4 Å². The smallest absolute Gasteiger partial charge is 0.290 e. The fraction of sp³-hybridized carbons (Fsp3) is 0.440. The zero-order valence-corrected chi connectivity index (χ0v) is 21.4. The van der Waals surface area contributed by atoms with E-state index in [0.29, 0.717) is 18.4 Å². The van der Waals surface area contributed by atoms with E-state index in [9.17, 15) is 4.79 Å². The second kappa shape index (κ2) is 13.1. The molecule has 194 valence electrons. The molecule has 0 aliphatic carbocycles. The molecule has 2 atom stereocenters. The molecule has 0 amide bonds. The highest BCUT2D eigenvalue weighted by atomic mass is 32.1. The van der Waals surface area contributed by atoms with Gasteiger partial charge < -0.3 is 19.3 Å². The Bertz CT molecular complexity index is 1170. The maximum atomic E-state index is 13.3. The maximum absolute atomic E-state index is 13.3. The second-order valence-electron chi connectivity index (χ2n) is 9.11. The van der Waals surface area contributed by atoms with Crippen LogP contribution >= 0.6 is 11.3 Å². The van der Waals surface area contributed by atoms with Crippen LogP contribution in [0.1, 0.15) is 34.3 Å². The van der Waals surface area contributed by atoms with Gasteiger partial charge in [-0.25, -0.2) is 4.98 Å². The third kappa shape index (κ3) is 6.90. The van der Waals surface area contributed by atoms with Crippen LogP contribution in [0.5, 0.6) is 0 Å². The van der Waals surface area contributed by atoms with Crippen LogP contribution in [0.4, 0.5) is 0 Å². The summed E-state index contributed by atoms with van der Waals surface area (Å²) >= 11 is 1.77. The number of carbonyl (C=O) groups is 2. The van der Waals surface area contributed by atoms with Gasteiger partial charge in [-0.05, 0) is 36.9 Å². The van der Waals surface area contributed by atoms with Crippen molar-refractivity contribution < 1.29 is 19.8 Å². The van der Waals surface area contributed by atoms with E-state index in [0.717, 1.165) is 44.1 Å². The number of thiophene rings is 1. The second-order valence-corrected chi connectivity index (χ2v) is 10.1. The minimum absolute atomic E-state index is 0.206. The van der Waals surface area contributed by atoms with Crippen LogP contribution < -0.4 is 5.56 Å². The Morgan fingerprint density at radius 3 is 2.53 bits per heavy atom. The summed E-state index contributed by atoms with van der Waals surface area (Å²) in [5, 5.41) is 15.9. The fourth-order valence-corrected chi connectivity index (χ4v) is 5.89. The summed E-state index contributed by atoms with van der Waals surface area (Å²) in [6.07, 6.45) is 5.06. The van der Waals surface area contributed by atoms with E-state index in [1.54, 1.807) is 11.3 Å². The third-order valence-corrected chi connectivity index (χ3v) is 7.35. The number of piperidine rings is 1. The topological polar surface area (TPSA) is 121 Å². The van der Waals surface area contributed by atoms with Crippen molar-refractivity contribution in [1.29, 1.82) is 0 Å². The standard InChI is InChI=1S/C23H29N5OS.2CH2O2/c1-25(15-20-4-3-9-30-20)13-18-5-6-21-19-10-17(12-28(21)23(18)29)11-27(14-19)16-22-24-7-8-26(22)2;2*2-1-3/h3-9,17,19H,10-16H2,1-2H3;2*1H,(H,2,3)/t17-,19+;;/m0../s1. The molecule has 36 heavy (non-hydrogen) atoms. The Morgan fingerprint density at radius 2 is 1.89 bits per heavy atom. The van der Waals surface area contributed by atoms with Gasteiger partial charge in [-0.1, -0.05) is 12.1 Å². The number of fused-ring (bicyclic) bond motifs is 4. The van der Waals surface area contributed by atoms with Crippen LogP contribution in [0, 0.1) is 5.92 Å². The summed E-state index contributed by atoms with van der Waals surface area (Å²) in [5.41, 5.74) is 2.32. The Balaban J connectivity index is 0.000000550. The van der Waals surface area contributed by atoms with Gasteiger partial charge in [0, 0.05) is 74.2 Å². The first-order chi connectivity index (χ1) is 17.4. The molecule has 3 aromatic rings. The average molecular weight is 516 g/mol. The highest BCUT2D eigenvalue weighted by Crippen LogP contribution is 2.35. The van der Waals surface area contributed by atoms with Gasteiger partial charge in [-0.3, -0.25) is 24.2 Å². The SMILES string of the molecule is CN(Cc1cccs1)Cc1ccc2n(c1=O)C[C@H]1C[C@@H]2CN(Cc2nccn2C)C1.O=CO.O=CO. The first kappa shape index (κ1) is 27.3. The monoisotopic (exact) mass is 515 g/mol. The molecule has 0 aromatic carbocycles. The molecule has 0 saturated carbocycles. The molecule has 11 heteroatoms. The number of aromatic nitrogens is 3. The van der Waals surface area contributed by atoms with Gasteiger partial charge in [0.2, 0.25) is 0 Å². The summed E-state index contributed by atoms with van der Waals surface area (Å²) in [7, 11) is 4.15. The first-order valence-electron chi connectivity index (χ1n) is 11.7. The van der Waals surface area contributed by atoms with E-state index in [1.165, 1.54) is 17.0 Å². The molecule has 5 rings (SSSR count). The Labute approximate surface area is 214 Å². The van der Waals surface area contributed by atoms with Crippen molar-refractivity contribution in [3.8, 4) is 0 Å². The van der Waals surface area contributed by atoms with Gasteiger partial charge in [0.25, 0.3) is 18.5 Å². The number of hydrogen-bond acceptors (Lipinski definition) is 7. The van der Waals surface area contributed by atoms with Crippen molar-refractivity contribution in [2.24, 2.45) is 13.0 Å². The molecule has 10 nitrogen and oxygen atoms in total. The zero-order chi connectivity index (χ0) is 26.1. The number of imidazole rings is 1. The summed E-state index contributed by atoms with van der Waals surface area (Å²) in [5.74, 6) is 2.08. The minimum atomic E-state index is -0.250. The average Bonchev–Trinajstić information content (AvgIpc) is 3.49. The van der Waals surface area contributed by atoms with Crippen LogP contribution in [0.2, 0.25) is 0 Å². The third-order valence-electron chi connectivity index (χ3n) is 6.49. The molecular formula is C25H33N5O5S. The van der Waals surface area contributed by atoms with E-state index < -0.39 is 0 Å². The van der Waals surface area contributed by atoms with Crippen LogP contribution in [0.15, 0.2) is 46.8 Å². The molecule has 1 saturated heterocycles. The molecule has 0 radical (unpaired) electrons. The lowest BCUT2D eigenvalue weighted by atomic mass is 9.83. The molecule has 2 N–H and O–H groups in total. The van der Waals surface area contributed by atoms with Crippen LogP contribution in [-0.4, -0.2) is 67.2 Å². The number of aryl methyl sites for hydroxylation is 1. The number of pyridine rings is 1. The van der Waals surface area contributed by atoms with Crippen molar-refractivity contribution >= 4 is 24.3 Å². The molecule has 2 aliphatic heterocycles. The van der Waals surface area contributed by atoms with Crippen molar-refractivity contribution in [2.75, 3.05) is 20.1 Å². The van der Waals surface area contributed by atoms with E-state index in [1.807, 2.05) is 12.4 Å². The van der Waals surface area contributed by atoms with E-state index in [2.05, 4.69) is 67.7 Å². The Kier molecular flexibility index (Phi) is 9.97. The van der Waals surface area contributed by atoms with Gasteiger partial charge in [0.05, 0.1) is 6.54 Å². The number of likely N-dealkylation sites (tertiary alicyclic amines) is 1.